The fourth-order valence-corrected chi connectivity index (χ4v) is 4.85. The number of H-pyrrole nitrogens is 1. The van der Waals surface area contributed by atoms with Gasteiger partial charge in [-0.2, -0.15) is 0 Å². The van der Waals surface area contributed by atoms with Gasteiger partial charge in [0.25, 0.3) is 0 Å². The van der Waals surface area contributed by atoms with Crippen LogP contribution in [0.5, 0.6) is 0 Å². The van der Waals surface area contributed by atoms with Crippen molar-refractivity contribution in [2.75, 3.05) is 5.32 Å². The van der Waals surface area contributed by atoms with Crippen LogP contribution in [0.2, 0.25) is 0 Å². The molecule has 29 heavy (non-hydrogen) atoms. The van der Waals surface area contributed by atoms with Gasteiger partial charge in [0.2, 0.25) is 0 Å². The van der Waals surface area contributed by atoms with Crippen LogP contribution in [0.4, 0.5) is 5.69 Å². The molecule has 0 saturated heterocycles. The third-order valence-corrected chi connectivity index (χ3v) is 7.02. The molecule has 1 aromatic rings. The number of nitrogens with one attached hydrogen (secondary N) is 3. The number of nitrogens with zero attached hydrogens (tertiary/aromatic N) is 1. The minimum atomic E-state index is -0.0968. The average Bonchev–Trinajstić information content (AvgIpc) is 2.76. The Labute approximate surface area is 174 Å². The van der Waals surface area contributed by atoms with Gasteiger partial charge in [-0.15, -0.1) is 0 Å². The summed E-state index contributed by atoms with van der Waals surface area (Å²) < 4.78 is 0. The Bertz CT molecular complexity index is 1130. The van der Waals surface area contributed by atoms with Gasteiger partial charge in [0.05, 0.1) is 33.5 Å². The number of hydrogen-bond donors (Lipinski definition) is 3. The van der Waals surface area contributed by atoms with Crippen LogP contribution in [0.3, 0.4) is 0 Å². The van der Waals surface area contributed by atoms with Crippen LogP contribution in [0, 0.1) is 11.3 Å². The van der Waals surface area contributed by atoms with E-state index in [1.165, 1.54) is 11.1 Å². The summed E-state index contributed by atoms with van der Waals surface area (Å²) in [6, 6.07) is 8.46. The Balaban J connectivity index is 1.90. The molecule has 154 valence electrons. The number of aromatic amines is 1. The van der Waals surface area contributed by atoms with Crippen molar-refractivity contribution in [3.63, 3.8) is 0 Å². The number of aromatic nitrogens is 2. The highest BCUT2D eigenvalue weighted by Crippen LogP contribution is 2.50. The van der Waals surface area contributed by atoms with Gasteiger partial charge in [0.1, 0.15) is 0 Å². The third kappa shape index (κ3) is 3.23. The van der Waals surface area contributed by atoms with E-state index in [2.05, 4.69) is 77.8 Å². The van der Waals surface area contributed by atoms with E-state index in [0.29, 0.717) is 11.3 Å². The maximum Gasteiger partial charge on any atom is 0.0894 e. The number of rotatable bonds is 3. The minimum absolute atomic E-state index is 0.0968. The van der Waals surface area contributed by atoms with Crippen molar-refractivity contribution in [2.24, 2.45) is 5.92 Å². The number of hydrogen-bond acceptors (Lipinski definition) is 3. The van der Waals surface area contributed by atoms with E-state index in [-0.39, 0.29) is 16.4 Å². The van der Waals surface area contributed by atoms with Crippen molar-refractivity contribution in [1.82, 2.24) is 9.97 Å². The Kier molecular flexibility index (Phi) is 4.17. The molecule has 0 fully saturated rings. The van der Waals surface area contributed by atoms with Gasteiger partial charge < -0.3 is 10.3 Å². The van der Waals surface area contributed by atoms with Crippen molar-refractivity contribution >= 4 is 16.7 Å². The standard InChI is InChI=1S/C25H34N4/c1-14(2)25(7,8)29-18-12-22-21(11-17(18)26)27-19-9-15-16(10-20(19)28-22)24(5,6)13-23(15,3)4/h9-12,14,26-27,29H,13H2,1-8H3. The second-order valence-electron chi connectivity index (χ2n) is 11.0. The molecule has 0 spiro atoms. The molecular formula is C25H34N4. The zero-order valence-corrected chi connectivity index (χ0v) is 19.0. The van der Waals surface area contributed by atoms with Crippen LogP contribution in [0.25, 0.3) is 22.4 Å². The normalized spacial score (nSPS) is 17.8. The van der Waals surface area contributed by atoms with Crippen LogP contribution >= 0.6 is 0 Å². The number of anilines is 1. The molecule has 0 aromatic heterocycles. The van der Waals surface area contributed by atoms with Gasteiger partial charge in [-0.25, -0.2) is 4.98 Å². The van der Waals surface area contributed by atoms with Crippen LogP contribution in [0.1, 0.15) is 72.9 Å². The first-order valence-electron chi connectivity index (χ1n) is 10.7. The van der Waals surface area contributed by atoms with Crippen LogP contribution in [-0.2, 0) is 10.8 Å². The first-order chi connectivity index (χ1) is 13.3. The Morgan fingerprint density at radius 3 is 2.28 bits per heavy atom. The SMILES string of the molecule is CC(C)C(C)(C)Nc1cc2nc3cc4c(cc3[nH]c-2cc1=N)C(C)(C)CC4(C)C. The lowest BCUT2D eigenvalue weighted by Crippen LogP contribution is -2.38. The smallest absolute Gasteiger partial charge is 0.0894 e. The van der Waals surface area contributed by atoms with Gasteiger partial charge in [-0.05, 0) is 72.4 Å². The van der Waals surface area contributed by atoms with Gasteiger partial charge in [0, 0.05) is 5.54 Å². The van der Waals surface area contributed by atoms with E-state index >= 15 is 0 Å². The van der Waals surface area contributed by atoms with E-state index in [0.717, 1.165) is 34.5 Å². The van der Waals surface area contributed by atoms with Crippen LogP contribution in [-0.4, -0.2) is 15.5 Å². The first-order valence-corrected chi connectivity index (χ1v) is 10.7. The fourth-order valence-electron chi connectivity index (χ4n) is 4.85. The maximum absolute atomic E-state index is 8.51. The summed E-state index contributed by atoms with van der Waals surface area (Å²) >= 11 is 0. The lowest BCUT2D eigenvalue weighted by molar-refractivity contribution is 0.403. The van der Waals surface area contributed by atoms with Crippen molar-refractivity contribution in [3.05, 3.63) is 40.7 Å². The lowest BCUT2D eigenvalue weighted by atomic mass is 9.82. The molecule has 0 unspecified atom stereocenters. The summed E-state index contributed by atoms with van der Waals surface area (Å²) in [5, 5.41) is 12.6. The molecule has 0 radical (unpaired) electrons. The summed E-state index contributed by atoms with van der Waals surface area (Å²) in [7, 11) is 0. The second-order valence-corrected chi connectivity index (χ2v) is 11.0. The molecule has 1 aromatic carbocycles. The highest BCUT2D eigenvalue weighted by atomic mass is 15.0. The van der Waals surface area contributed by atoms with E-state index in [4.69, 9.17) is 10.4 Å². The molecule has 4 heteroatoms. The van der Waals surface area contributed by atoms with E-state index in [9.17, 15) is 0 Å². The molecule has 1 aliphatic heterocycles. The zero-order valence-electron chi connectivity index (χ0n) is 19.0. The first kappa shape index (κ1) is 19.9. The van der Waals surface area contributed by atoms with Crippen molar-refractivity contribution in [2.45, 2.75) is 78.2 Å². The predicted octanol–water partition coefficient (Wildman–Crippen LogP) is 5.95. The van der Waals surface area contributed by atoms with Crippen LogP contribution < -0.4 is 10.7 Å². The third-order valence-electron chi connectivity index (χ3n) is 7.02. The van der Waals surface area contributed by atoms with E-state index in [1.54, 1.807) is 0 Å². The summed E-state index contributed by atoms with van der Waals surface area (Å²) in [6.45, 7) is 18.1. The average molecular weight is 391 g/mol. The molecule has 0 bridgehead atoms. The molecule has 4 rings (SSSR count). The second kappa shape index (κ2) is 6.07. The van der Waals surface area contributed by atoms with Crippen molar-refractivity contribution in [3.8, 4) is 11.4 Å². The summed E-state index contributed by atoms with van der Waals surface area (Å²) in [5.41, 5.74) is 7.71. The fraction of sp³-hybridized carbons (Fsp3) is 0.520. The molecular weight excluding hydrogens is 356 g/mol. The lowest BCUT2D eigenvalue weighted by Gasteiger charge is -2.32. The molecule has 3 aliphatic rings. The van der Waals surface area contributed by atoms with Crippen LogP contribution in [0.15, 0.2) is 24.3 Å². The molecule has 3 N–H and O–H groups in total. The topological polar surface area (TPSA) is 64.6 Å². The quantitative estimate of drug-likeness (QED) is 0.484. The zero-order chi connectivity index (χ0) is 21.4. The minimum Gasteiger partial charge on any atom is -0.378 e. The largest absolute Gasteiger partial charge is 0.378 e. The number of benzene rings is 2. The van der Waals surface area contributed by atoms with Crippen molar-refractivity contribution < 1.29 is 0 Å². The maximum atomic E-state index is 8.51. The predicted molar refractivity (Wildman–Crippen MR) is 122 cm³/mol. The van der Waals surface area contributed by atoms with Gasteiger partial charge in [0.15, 0.2) is 0 Å². The summed E-state index contributed by atoms with van der Waals surface area (Å²) in [4.78, 5) is 8.54. The highest BCUT2D eigenvalue weighted by molar-refractivity contribution is 5.83. The van der Waals surface area contributed by atoms with Gasteiger partial charge >= 0.3 is 0 Å². The Morgan fingerprint density at radius 1 is 1.03 bits per heavy atom. The molecule has 1 heterocycles. The van der Waals surface area contributed by atoms with E-state index < -0.39 is 0 Å². The summed E-state index contributed by atoms with van der Waals surface area (Å²) in [6.07, 6.45) is 1.14. The molecule has 0 saturated carbocycles. The molecule has 2 aliphatic carbocycles. The van der Waals surface area contributed by atoms with E-state index in [1.807, 2.05) is 12.1 Å². The monoisotopic (exact) mass is 390 g/mol. The Hall–Kier alpha value is -2.36. The van der Waals surface area contributed by atoms with Crippen molar-refractivity contribution in [1.29, 1.82) is 5.41 Å². The highest BCUT2D eigenvalue weighted by Gasteiger charge is 2.42. The summed E-state index contributed by atoms with van der Waals surface area (Å²) in [5.74, 6) is 0.446. The molecule has 0 atom stereocenters. The number of fused-ring (bicyclic) bond motifs is 3. The molecule has 0 amide bonds. The molecule has 4 nitrogen and oxygen atoms in total. The van der Waals surface area contributed by atoms with Gasteiger partial charge in [-0.3, -0.25) is 5.41 Å². The Morgan fingerprint density at radius 2 is 1.66 bits per heavy atom. The van der Waals surface area contributed by atoms with Gasteiger partial charge in [-0.1, -0.05) is 41.5 Å².